The van der Waals surface area contributed by atoms with E-state index in [2.05, 4.69) is 168 Å². The Kier molecular flexibility index (Phi) is 5.48. The van der Waals surface area contributed by atoms with Gasteiger partial charge in [0.05, 0.1) is 16.4 Å². The van der Waals surface area contributed by atoms with E-state index < -0.39 is 0 Å². The van der Waals surface area contributed by atoms with Crippen LogP contribution in [0.5, 0.6) is 0 Å². The second-order valence-electron chi connectivity index (χ2n) is 12.6. The van der Waals surface area contributed by atoms with Gasteiger partial charge >= 0.3 is 0 Å². The predicted molar refractivity (Wildman–Crippen MR) is 194 cm³/mol. The number of nitrogens with zero attached hydrogens (tertiary/aromatic N) is 2. The highest BCUT2D eigenvalue weighted by atomic mass is 15.1. The van der Waals surface area contributed by atoms with Crippen molar-refractivity contribution in [3.05, 3.63) is 186 Å². The molecule has 1 unspecified atom stereocenters. The van der Waals surface area contributed by atoms with E-state index >= 15 is 0 Å². The third kappa shape index (κ3) is 3.60. The van der Waals surface area contributed by atoms with Gasteiger partial charge in [-0.25, -0.2) is 4.98 Å². The van der Waals surface area contributed by atoms with Crippen LogP contribution < -0.4 is 5.46 Å². The molecule has 216 valence electrons. The number of para-hydroxylation sites is 3. The number of imidazole rings is 1. The van der Waals surface area contributed by atoms with Gasteiger partial charge in [0, 0.05) is 11.3 Å². The molecule has 0 bridgehead atoms. The fourth-order valence-corrected chi connectivity index (χ4v) is 8.24. The molecule has 3 heteroatoms. The van der Waals surface area contributed by atoms with Crippen LogP contribution in [-0.2, 0) is 5.41 Å². The first kappa shape index (κ1) is 26.3. The van der Waals surface area contributed by atoms with Crippen molar-refractivity contribution in [2.24, 2.45) is 0 Å². The van der Waals surface area contributed by atoms with E-state index in [1.807, 2.05) is 0 Å². The molecule has 7 aromatic carbocycles. The van der Waals surface area contributed by atoms with Crippen LogP contribution in [0.4, 0.5) is 0 Å². The van der Waals surface area contributed by atoms with E-state index in [1.54, 1.807) is 0 Å². The van der Waals surface area contributed by atoms with Gasteiger partial charge in [-0.3, -0.25) is 4.57 Å². The molecule has 0 saturated carbocycles. The lowest BCUT2D eigenvalue weighted by Crippen LogP contribution is -2.26. The summed E-state index contributed by atoms with van der Waals surface area (Å²) in [7, 11) is 6.36. The van der Waals surface area contributed by atoms with E-state index in [-0.39, 0.29) is 5.41 Å². The number of rotatable bonds is 3. The highest BCUT2D eigenvalue weighted by Gasteiger charge is 2.51. The van der Waals surface area contributed by atoms with Crippen molar-refractivity contribution in [3.63, 3.8) is 0 Å². The molecule has 2 aliphatic rings. The summed E-state index contributed by atoms with van der Waals surface area (Å²) < 4.78 is 2.26. The van der Waals surface area contributed by atoms with Crippen molar-refractivity contribution in [1.29, 1.82) is 0 Å². The average molecular weight is 595 g/mol. The largest absolute Gasteiger partial charge is 0.292 e. The zero-order valence-corrected chi connectivity index (χ0v) is 25.6. The second-order valence-corrected chi connectivity index (χ2v) is 12.6. The Morgan fingerprint density at radius 2 is 1.04 bits per heavy atom. The van der Waals surface area contributed by atoms with E-state index in [1.165, 1.54) is 50.1 Å². The third-order valence-corrected chi connectivity index (χ3v) is 10.1. The molecule has 1 spiro atoms. The molecule has 2 radical (unpaired) electrons. The molecule has 0 aliphatic heterocycles. The van der Waals surface area contributed by atoms with Gasteiger partial charge in [0.2, 0.25) is 0 Å². The molecule has 2 aliphatic carbocycles. The standard InChI is InChI=1S/C44H27BN2/c45-31-22-24-40-36(27-31)34-16-5-7-18-38(34)44(40)37-17-6-4-15-33(37)35-26-29(21-23-39(35)44)28-11-10-12-30(25-28)43-46-41-19-8-9-20-42(41)47(43)32-13-2-1-3-14-32/h1-27H. The summed E-state index contributed by atoms with van der Waals surface area (Å²) in [5, 5.41) is 0. The number of aromatic nitrogens is 2. The summed E-state index contributed by atoms with van der Waals surface area (Å²) in [6.07, 6.45) is 0. The van der Waals surface area contributed by atoms with Crippen molar-refractivity contribution < 1.29 is 0 Å². The van der Waals surface area contributed by atoms with Crippen molar-refractivity contribution in [1.82, 2.24) is 9.55 Å². The van der Waals surface area contributed by atoms with Gasteiger partial charge in [-0.1, -0.05) is 133 Å². The maximum Gasteiger partial charge on any atom is 0.145 e. The number of hydrogen-bond donors (Lipinski definition) is 0. The predicted octanol–water partition coefficient (Wildman–Crippen LogP) is 9.50. The second kappa shape index (κ2) is 9.79. The van der Waals surface area contributed by atoms with Gasteiger partial charge in [0.25, 0.3) is 0 Å². The summed E-state index contributed by atoms with van der Waals surface area (Å²) in [4.78, 5) is 5.13. The summed E-state index contributed by atoms with van der Waals surface area (Å²) in [6.45, 7) is 0. The first-order valence-electron chi connectivity index (χ1n) is 16.1. The monoisotopic (exact) mass is 594 g/mol. The Morgan fingerprint density at radius 1 is 0.447 bits per heavy atom. The van der Waals surface area contributed by atoms with Gasteiger partial charge in [-0.15, -0.1) is 0 Å². The van der Waals surface area contributed by atoms with Gasteiger partial charge < -0.3 is 0 Å². The fourth-order valence-electron chi connectivity index (χ4n) is 8.24. The summed E-state index contributed by atoms with van der Waals surface area (Å²) >= 11 is 0. The molecule has 2 nitrogen and oxygen atoms in total. The van der Waals surface area contributed by atoms with Crippen molar-refractivity contribution in [3.8, 4) is 50.5 Å². The lowest BCUT2D eigenvalue weighted by molar-refractivity contribution is 0.794. The molecule has 1 heterocycles. The zero-order valence-electron chi connectivity index (χ0n) is 25.6. The topological polar surface area (TPSA) is 17.8 Å². The van der Waals surface area contributed by atoms with Crippen LogP contribution in [0.3, 0.4) is 0 Å². The fraction of sp³-hybridized carbons (Fsp3) is 0.0227. The molecular formula is C44H27BN2. The first-order valence-corrected chi connectivity index (χ1v) is 16.1. The molecule has 1 aromatic heterocycles. The van der Waals surface area contributed by atoms with Crippen LogP contribution >= 0.6 is 0 Å². The molecule has 10 rings (SSSR count). The van der Waals surface area contributed by atoms with Crippen molar-refractivity contribution in [2.75, 3.05) is 0 Å². The van der Waals surface area contributed by atoms with Crippen LogP contribution in [0.25, 0.3) is 61.5 Å². The van der Waals surface area contributed by atoms with Crippen LogP contribution in [0.1, 0.15) is 22.3 Å². The highest BCUT2D eigenvalue weighted by Crippen LogP contribution is 2.62. The molecule has 0 amide bonds. The third-order valence-electron chi connectivity index (χ3n) is 10.1. The van der Waals surface area contributed by atoms with Crippen molar-refractivity contribution in [2.45, 2.75) is 5.41 Å². The SMILES string of the molecule is [B]c1ccc2c(c1)-c1ccccc1C21c2ccccc2-c2cc(-c3cccc(-c4nc5ccccc5n4-c4ccccc4)c3)ccc21. The molecule has 0 N–H and O–H groups in total. The normalized spacial score (nSPS) is 15.4. The maximum absolute atomic E-state index is 6.36. The quantitative estimate of drug-likeness (QED) is 0.186. The smallest absolute Gasteiger partial charge is 0.145 e. The number of fused-ring (bicyclic) bond motifs is 11. The summed E-state index contributed by atoms with van der Waals surface area (Å²) in [6, 6.07) is 58.9. The van der Waals surface area contributed by atoms with Gasteiger partial charge in [0.15, 0.2) is 0 Å². The molecule has 8 aromatic rings. The van der Waals surface area contributed by atoms with Gasteiger partial charge in [-0.2, -0.15) is 0 Å². The molecule has 0 fully saturated rings. The average Bonchev–Trinajstić information content (AvgIpc) is 3.76. The van der Waals surface area contributed by atoms with Gasteiger partial charge in [0.1, 0.15) is 13.7 Å². The minimum atomic E-state index is -0.382. The molecule has 0 saturated heterocycles. The van der Waals surface area contributed by atoms with Crippen LogP contribution in [-0.4, -0.2) is 17.4 Å². The van der Waals surface area contributed by atoms with Crippen LogP contribution in [0.2, 0.25) is 0 Å². The molecular weight excluding hydrogens is 567 g/mol. The van der Waals surface area contributed by atoms with Crippen LogP contribution in [0, 0.1) is 0 Å². The Labute approximate surface area is 275 Å². The minimum absolute atomic E-state index is 0.382. The Morgan fingerprint density at radius 3 is 1.83 bits per heavy atom. The Bertz CT molecular complexity index is 2540. The summed E-state index contributed by atoms with van der Waals surface area (Å²) in [5.41, 5.74) is 17.3. The lowest BCUT2D eigenvalue weighted by atomic mass is 9.70. The number of hydrogen-bond acceptors (Lipinski definition) is 1. The molecule has 1 atom stereocenters. The highest BCUT2D eigenvalue weighted by molar-refractivity contribution is 6.32. The van der Waals surface area contributed by atoms with E-state index in [0.717, 1.165) is 39.1 Å². The summed E-state index contributed by atoms with van der Waals surface area (Å²) in [5.74, 6) is 0.933. The Balaban J connectivity index is 1.17. The van der Waals surface area contributed by atoms with Crippen LogP contribution in [0.15, 0.2) is 164 Å². The molecule has 47 heavy (non-hydrogen) atoms. The van der Waals surface area contributed by atoms with E-state index in [9.17, 15) is 0 Å². The first-order chi connectivity index (χ1) is 23.2. The lowest BCUT2D eigenvalue weighted by Gasteiger charge is -2.30. The maximum atomic E-state index is 6.36. The van der Waals surface area contributed by atoms with E-state index in [4.69, 9.17) is 12.8 Å². The number of benzene rings is 7. The Hall–Kier alpha value is -5.93. The minimum Gasteiger partial charge on any atom is -0.292 e. The van der Waals surface area contributed by atoms with Crippen molar-refractivity contribution >= 4 is 24.3 Å². The zero-order chi connectivity index (χ0) is 31.1. The van der Waals surface area contributed by atoms with E-state index in [0.29, 0.717) is 0 Å². The van der Waals surface area contributed by atoms with Gasteiger partial charge in [-0.05, 0) is 92.0 Å².